The molecule has 5 heteroatoms. The number of guanidine groups is 1. The number of nitrogens with zero attached hydrogens (tertiary/aromatic N) is 1. The van der Waals surface area contributed by atoms with Crippen LogP contribution in [0.4, 0.5) is 4.39 Å². The molecule has 3 nitrogen and oxygen atoms in total. The van der Waals surface area contributed by atoms with Gasteiger partial charge in [0, 0.05) is 4.47 Å². The molecule has 0 fully saturated rings. The quantitative estimate of drug-likeness (QED) is 0.802. The first-order valence-electron chi connectivity index (χ1n) is 4.18. The summed E-state index contributed by atoms with van der Waals surface area (Å²) in [6.45, 7) is 0.593. The van der Waals surface area contributed by atoms with E-state index in [2.05, 4.69) is 26.2 Å². The molecule has 0 saturated carbocycles. The molecule has 14 heavy (non-hydrogen) atoms. The van der Waals surface area contributed by atoms with E-state index in [0.717, 1.165) is 10.0 Å². The van der Waals surface area contributed by atoms with Crippen LogP contribution < -0.4 is 11.1 Å². The summed E-state index contributed by atoms with van der Waals surface area (Å²) in [5.74, 6) is 0.179. The van der Waals surface area contributed by atoms with Gasteiger partial charge in [-0.05, 0) is 17.7 Å². The van der Waals surface area contributed by atoms with E-state index in [1.165, 1.54) is 12.1 Å². The summed E-state index contributed by atoms with van der Waals surface area (Å²) in [4.78, 5) is 4.03. The Bertz CT molecular complexity index is 392. The van der Waals surface area contributed by atoms with Gasteiger partial charge in [-0.15, -0.1) is 0 Å². The van der Waals surface area contributed by atoms with Crippen LogP contribution in [0.5, 0.6) is 0 Å². The first-order valence-corrected chi connectivity index (χ1v) is 4.97. The predicted octanol–water partition coefficient (Wildman–Crippen LogP) is 1.55. The van der Waals surface area contributed by atoms with Gasteiger partial charge in [-0.3, -0.25) is 4.99 Å². The van der Waals surface area contributed by atoms with Gasteiger partial charge in [0.2, 0.25) is 0 Å². The minimum atomic E-state index is -0.257. The first-order chi connectivity index (χ1) is 6.66. The summed E-state index contributed by atoms with van der Waals surface area (Å²) >= 11 is 3.31. The lowest BCUT2D eigenvalue weighted by Crippen LogP contribution is -2.29. The van der Waals surface area contributed by atoms with Crippen LogP contribution in [0.25, 0.3) is 0 Å². The van der Waals surface area contributed by atoms with E-state index < -0.39 is 0 Å². The van der Waals surface area contributed by atoms with Gasteiger partial charge in [-0.1, -0.05) is 22.0 Å². The van der Waals surface area contributed by atoms with Gasteiger partial charge in [-0.2, -0.15) is 0 Å². The molecule has 0 radical (unpaired) electrons. The van der Waals surface area contributed by atoms with Crippen LogP contribution in [-0.2, 0) is 0 Å². The summed E-state index contributed by atoms with van der Waals surface area (Å²) in [6, 6.07) is 4.64. The van der Waals surface area contributed by atoms with Crippen molar-refractivity contribution in [2.75, 3.05) is 6.54 Å². The Kier molecular flexibility index (Phi) is 2.41. The van der Waals surface area contributed by atoms with Gasteiger partial charge in [0.15, 0.2) is 5.96 Å². The number of benzene rings is 1. The minimum Gasteiger partial charge on any atom is -0.370 e. The Labute approximate surface area is 89.3 Å². The number of nitrogens with two attached hydrogens (primary N) is 1. The molecule has 0 saturated heterocycles. The molecule has 0 spiro atoms. The zero-order valence-corrected chi connectivity index (χ0v) is 8.88. The van der Waals surface area contributed by atoms with Crippen LogP contribution in [0.15, 0.2) is 27.7 Å². The molecule has 0 amide bonds. The average molecular weight is 258 g/mol. The third-order valence-corrected chi connectivity index (χ3v) is 2.79. The zero-order valence-electron chi connectivity index (χ0n) is 7.30. The fraction of sp³-hybridized carbons (Fsp3) is 0.222. The van der Waals surface area contributed by atoms with Crippen molar-refractivity contribution < 1.29 is 4.39 Å². The molecule has 1 unspecified atom stereocenters. The third-order valence-electron chi connectivity index (χ3n) is 2.10. The Balaban J connectivity index is 2.25. The van der Waals surface area contributed by atoms with E-state index in [0.29, 0.717) is 12.5 Å². The van der Waals surface area contributed by atoms with Gasteiger partial charge in [0.1, 0.15) is 5.82 Å². The molecule has 0 aliphatic carbocycles. The van der Waals surface area contributed by atoms with Crippen molar-refractivity contribution in [2.45, 2.75) is 6.04 Å². The highest BCUT2D eigenvalue weighted by atomic mass is 79.9. The van der Waals surface area contributed by atoms with Crippen LogP contribution in [0, 0.1) is 5.82 Å². The van der Waals surface area contributed by atoms with Gasteiger partial charge >= 0.3 is 0 Å². The highest BCUT2D eigenvalue weighted by molar-refractivity contribution is 9.10. The minimum absolute atomic E-state index is 0.0463. The largest absolute Gasteiger partial charge is 0.370 e. The van der Waals surface area contributed by atoms with E-state index in [4.69, 9.17) is 5.73 Å². The fourth-order valence-corrected chi connectivity index (χ4v) is 2.05. The number of hydrogen-bond acceptors (Lipinski definition) is 3. The third kappa shape index (κ3) is 1.72. The van der Waals surface area contributed by atoms with Gasteiger partial charge in [0.25, 0.3) is 0 Å². The average Bonchev–Trinajstić information content (AvgIpc) is 2.51. The predicted molar refractivity (Wildman–Crippen MR) is 56.5 cm³/mol. The summed E-state index contributed by atoms with van der Waals surface area (Å²) < 4.78 is 13.5. The van der Waals surface area contributed by atoms with E-state index in [-0.39, 0.29) is 11.9 Å². The summed E-state index contributed by atoms with van der Waals surface area (Å²) in [6.07, 6.45) is 0. The summed E-state index contributed by atoms with van der Waals surface area (Å²) in [5, 5.41) is 3.01. The lowest BCUT2D eigenvalue weighted by molar-refractivity contribution is 0.622. The number of nitrogens with one attached hydrogen (secondary N) is 1. The van der Waals surface area contributed by atoms with Crippen LogP contribution in [0.1, 0.15) is 11.6 Å². The van der Waals surface area contributed by atoms with E-state index in [9.17, 15) is 4.39 Å². The standard InChI is InChI=1S/C9H9BrFN3/c10-7-3-5(11)1-2-6(7)8-4-13-9(12)14-8/h1-3,8H,4H2,(H3,12,13,14). The molecular weight excluding hydrogens is 249 g/mol. The molecule has 1 aromatic rings. The Morgan fingerprint density at radius 3 is 2.93 bits per heavy atom. The van der Waals surface area contributed by atoms with Crippen LogP contribution >= 0.6 is 15.9 Å². The van der Waals surface area contributed by atoms with Gasteiger partial charge in [-0.25, -0.2) is 4.39 Å². The maximum atomic E-state index is 12.8. The van der Waals surface area contributed by atoms with Crippen molar-refractivity contribution >= 4 is 21.9 Å². The second-order valence-corrected chi connectivity index (χ2v) is 3.94. The molecule has 0 bridgehead atoms. The Morgan fingerprint density at radius 1 is 1.57 bits per heavy atom. The molecule has 74 valence electrons. The van der Waals surface area contributed by atoms with Crippen molar-refractivity contribution in [1.82, 2.24) is 5.32 Å². The van der Waals surface area contributed by atoms with Gasteiger partial charge in [0.05, 0.1) is 12.6 Å². The molecule has 3 N–H and O–H groups in total. The number of halogens is 2. The number of aliphatic imine (C=N–C) groups is 1. The summed E-state index contributed by atoms with van der Waals surface area (Å²) in [7, 11) is 0. The fourth-order valence-electron chi connectivity index (χ4n) is 1.42. The molecule has 1 atom stereocenters. The van der Waals surface area contributed by atoms with Crippen LogP contribution in [-0.4, -0.2) is 12.5 Å². The molecule has 1 aliphatic heterocycles. The second kappa shape index (κ2) is 3.57. The van der Waals surface area contributed by atoms with Gasteiger partial charge < -0.3 is 11.1 Å². The maximum absolute atomic E-state index is 12.8. The lowest BCUT2D eigenvalue weighted by atomic mass is 10.1. The lowest BCUT2D eigenvalue weighted by Gasteiger charge is -2.12. The van der Waals surface area contributed by atoms with E-state index >= 15 is 0 Å². The number of rotatable bonds is 1. The molecule has 1 aromatic carbocycles. The normalized spacial score (nSPS) is 20.4. The zero-order chi connectivity index (χ0) is 10.1. The van der Waals surface area contributed by atoms with Crippen LogP contribution in [0.3, 0.4) is 0 Å². The molecule has 1 heterocycles. The van der Waals surface area contributed by atoms with Crippen LogP contribution in [0.2, 0.25) is 0 Å². The Morgan fingerprint density at radius 2 is 2.36 bits per heavy atom. The monoisotopic (exact) mass is 257 g/mol. The van der Waals surface area contributed by atoms with E-state index in [1.54, 1.807) is 6.07 Å². The molecular formula is C9H9BrFN3. The van der Waals surface area contributed by atoms with Crippen molar-refractivity contribution in [3.63, 3.8) is 0 Å². The van der Waals surface area contributed by atoms with Crippen molar-refractivity contribution in [2.24, 2.45) is 10.7 Å². The molecule has 0 aromatic heterocycles. The maximum Gasteiger partial charge on any atom is 0.189 e. The summed E-state index contributed by atoms with van der Waals surface area (Å²) in [5.41, 5.74) is 6.46. The molecule has 2 rings (SSSR count). The van der Waals surface area contributed by atoms with E-state index in [1.807, 2.05) is 0 Å². The second-order valence-electron chi connectivity index (χ2n) is 3.09. The number of hydrogen-bond donors (Lipinski definition) is 2. The smallest absolute Gasteiger partial charge is 0.189 e. The SMILES string of the molecule is NC1=NCC(c2ccc(F)cc2Br)N1. The Hall–Kier alpha value is -1.10. The highest BCUT2D eigenvalue weighted by Gasteiger charge is 2.19. The molecule has 1 aliphatic rings. The highest BCUT2D eigenvalue weighted by Crippen LogP contribution is 2.25. The van der Waals surface area contributed by atoms with Crippen molar-refractivity contribution in [3.8, 4) is 0 Å². The topological polar surface area (TPSA) is 50.4 Å². The van der Waals surface area contributed by atoms with Crippen molar-refractivity contribution in [3.05, 3.63) is 34.1 Å². The van der Waals surface area contributed by atoms with Crippen molar-refractivity contribution in [1.29, 1.82) is 0 Å². The first kappa shape index (κ1) is 9.45.